The van der Waals surface area contributed by atoms with E-state index in [1.165, 1.54) is 6.07 Å². The van der Waals surface area contributed by atoms with Gasteiger partial charge in [-0.1, -0.05) is 22.0 Å². The molecule has 0 unspecified atom stereocenters. The second-order valence-electron chi connectivity index (χ2n) is 4.33. The number of esters is 1. The van der Waals surface area contributed by atoms with E-state index in [9.17, 15) is 22.8 Å². The summed E-state index contributed by atoms with van der Waals surface area (Å²) in [6.07, 6.45) is -6.03. The molecule has 0 fully saturated rings. The average molecular weight is 397 g/mol. The van der Waals surface area contributed by atoms with Crippen molar-refractivity contribution in [2.75, 3.05) is 13.7 Å². The summed E-state index contributed by atoms with van der Waals surface area (Å²) in [7, 11) is 1.10. The number of carboxylic acid groups (broad SMARTS) is 1. The fraction of sp³-hybridized carbons (Fsp3) is 0.308. The molecule has 0 heterocycles. The molecule has 0 aliphatic carbocycles. The van der Waals surface area contributed by atoms with Gasteiger partial charge in [0.2, 0.25) is 0 Å². The summed E-state index contributed by atoms with van der Waals surface area (Å²) in [6.45, 7) is 0.646. The first-order valence-corrected chi connectivity index (χ1v) is 6.86. The van der Waals surface area contributed by atoms with E-state index in [2.05, 4.69) is 21.0 Å². The monoisotopic (exact) mass is 396 g/mol. The molecule has 126 valence electrons. The maximum atomic E-state index is 12.9. The molecular formula is C13H12BrF3N2O4. The maximum Gasteiger partial charge on any atom is 0.427 e. The van der Waals surface area contributed by atoms with Crippen LogP contribution >= 0.6 is 15.9 Å². The minimum absolute atomic E-state index is 0.0186. The van der Waals surface area contributed by atoms with Gasteiger partial charge in [-0.15, -0.1) is 0 Å². The molecule has 1 N–H and O–H groups in total. The van der Waals surface area contributed by atoms with Crippen LogP contribution in [0.15, 0.2) is 27.8 Å². The largest absolute Gasteiger partial charge is 0.464 e. The van der Waals surface area contributed by atoms with Crippen molar-refractivity contribution in [3.8, 4) is 0 Å². The van der Waals surface area contributed by atoms with Gasteiger partial charge in [0.15, 0.2) is 0 Å². The summed E-state index contributed by atoms with van der Waals surface area (Å²) < 4.78 is 43.4. The topological polar surface area (TPSA) is 79.2 Å². The first kappa shape index (κ1) is 18.9. The van der Waals surface area contributed by atoms with Crippen molar-refractivity contribution in [3.63, 3.8) is 0 Å². The average Bonchev–Trinajstić information content (AvgIpc) is 2.42. The van der Waals surface area contributed by atoms with Crippen molar-refractivity contribution in [1.82, 2.24) is 5.01 Å². The van der Waals surface area contributed by atoms with Gasteiger partial charge in [-0.3, -0.25) is 4.79 Å². The van der Waals surface area contributed by atoms with Gasteiger partial charge in [0, 0.05) is 24.0 Å². The molecule has 6 nitrogen and oxygen atoms in total. The molecular weight excluding hydrogens is 385 g/mol. The van der Waals surface area contributed by atoms with Crippen LogP contribution in [0.2, 0.25) is 0 Å². The van der Waals surface area contributed by atoms with E-state index < -0.39 is 30.4 Å². The summed E-state index contributed by atoms with van der Waals surface area (Å²) in [6, 6.07) is 3.25. The third kappa shape index (κ3) is 5.55. The first-order valence-electron chi connectivity index (χ1n) is 6.07. The highest BCUT2D eigenvalue weighted by Gasteiger charge is 2.33. The molecule has 1 aromatic carbocycles. The Kier molecular flexibility index (Phi) is 6.13. The Balaban J connectivity index is 3.31. The van der Waals surface area contributed by atoms with E-state index in [1.807, 2.05) is 0 Å². The Morgan fingerprint density at radius 3 is 2.48 bits per heavy atom. The van der Waals surface area contributed by atoms with Crippen molar-refractivity contribution in [2.24, 2.45) is 5.10 Å². The number of carbonyl (C=O) groups is 2. The molecule has 0 radical (unpaired) electrons. The lowest BCUT2D eigenvalue weighted by Gasteiger charge is -2.14. The number of hydrogen-bond acceptors (Lipinski definition) is 4. The summed E-state index contributed by atoms with van der Waals surface area (Å²) >= 11 is 2.80. The van der Waals surface area contributed by atoms with Gasteiger partial charge in [0.05, 0.1) is 5.56 Å². The second-order valence-corrected chi connectivity index (χ2v) is 5.18. The van der Waals surface area contributed by atoms with Gasteiger partial charge in [-0.05, 0) is 12.1 Å². The standard InChI is InChI=1S/C13H12BrF3N2O4/c1-7(20)23-6-11(18-19(2)12(21)22)8-3-4-10(14)9(5-8)13(15,16)17/h3-5H,6H2,1-2H3,(H,21,22)/b18-11+. The van der Waals surface area contributed by atoms with Gasteiger partial charge in [0.25, 0.3) is 0 Å². The number of rotatable bonds is 4. The number of hydrogen-bond donors (Lipinski definition) is 1. The van der Waals surface area contributed by atoms with Crippen molar-refractivity contribution in [2.45, 2.75) is 13.1 Å². The quantitative estimate of drug-likeness (QED) is 0.480. The van der Waals surface area contributed by atoms with Crippen LogP contribution in [0.1, 0.15) is 18.1 Å². The predicted molar refractivity (Wildman–Crippen MR) is 78.1 cm³/mol. The highest BCUT2D eigenvalue weighted by molar-refractivity contribution is 9.10. The van der Waals surface area contributed by atoms with Crippen LogP contribution in [0.3, 0.4) is 0 Å². The normalized spacial score (nSPS) is 12.0. The summed E-state index contributed by atoms with van der Waals surface area (Å²) in [5.74, 6) is -0.677. The molecule has 0 saturated heterocycles. The van der Waals surface area contributed by atoms with Crippen LogP contribution in [0, 0.1) is 0 Å². The van der Waals surface area contributed by atoms with Crippen molar-refractivity contribution < 1.29 is 32.6 Å². The van der Waals surface area contributed by atoms with Crippen LogP contribution in [-0.2, 0) is 15.7 Å². The molecule has 23 heavy (non-hydrogen) atoms. The molecule has 1 rings (SSSR count). The fourth-order valence-electron chi connectivity index (χ4n) is 1.49. The minimum atomic E-state index is -4.61. The predicted octanol–water partition coefficient (Wildman–Crippen LogP) is 3.34. The number of amides is 1. The SMILES string of the molecule is CC(=O)OC/C(=N\N(C)C(=O)O)c1ccc(Br)c(C(F)(F)F)c1. The third-order valence-electron chi connectivity index (χ3n) is 2.56. The van der Waals surface area contributed by atoms with Crippen molar-refractivity contribution in [3.05, 3.63) is 33.8 Å². The Morgan fingerprint density at radius 2 is 2.00 bits per heavy atom. The number of nitrogens with zero attached hydrogens (tertiary/aromatic N) is 2. The zero-order chi connectivity index (χ0) is 17.8. The lowest BCUT2D eigenvalue weighted by Crippen LogP contribution is -2.24. The van der Waals surface area contributed by atoms with Gasteiger partial charge < -0.3 is 9.84 Å². The van der Waals surface area contributed by atoms with Crippen LogP contribution in [0.25, 0.3) is 0 Å². The maximum absolute atomic E-state index is 12.9. The number of halogens is 4. The Bertz CT molecular complexity index is 647. The molecule has 1 amide bonds. The molecule has 1 aromatic rings. The summed E-state index contributed by atoms with van der Waals surface area (Å²) in [4.78, 5) is 21.7. The Labute approximate surface area is 137 Å². The smallest absolute Gasteiger partial charge is 0.427 e. The lowest BCUT2D eigenvalue weighted by molar-refractivity contribution is -0.139. The van der Waals surface area contributed by atoms with Crippen molar-refractivity contribution >= 4 is 33.7 Å². The zero-order valence-electron chi connectivity index (χ0n) is 12.0. The van der Waals surface area contributed by atoms with Gasteiger partial charge in [0.1, 0.15) is 12.3 Å². The van der Waals surface area contributed by atoms with Crippen LogP contribution < -0.4 is 0 Å². The molecule has 0 aliphatic heterocycles. The Morgan fingerprint density at radius 1 is 1.39 bits per heavy atom. The van der Waals surface area contributed by atoms with Crippen molar-refractivity contribution in [1.29, 1.82) is 0 Å². The molecule has 0 saturated carbocycles. The van der Waals surface area contributed by atoms with Gasteiger partial charge in [-0.25, -0.2) is 9.80 Å². The van der Waals surface area contributed by atoms with E-state index in [4.69, 9.17) is 9.84 Å². The van der Waals surface area contributed by atoms with E-state index in [0.29, 0.717) is 5.01 Å². The second kappa shape index (κ2) is 7.44. The van der Waals surface area contributed by atoms with E-state index >= 15 is 0 Å². The highest BCUT2D eigenvalue weighted by Crippen LogP contribution is 2.35. The van der Waals surface area contributed by atoms with Crippen LogP contribution in [0.5, 0.6) is 0 Å². The molecule has 0 aliphatic rings. The van der Waals surface area contributed by atoms with E-state index in [1.54, 1.807) is 0 Å². The summed E-state index contributed by atoms with van der Waals surface area (Å²) in [5, 5.41) is 13.0. The molecule has 10 heteroatoms. The fourth-order valence-corrected chi connectivity index (χ4v) is 1.96. The van der Waals surface area contributed by atoms with Crippen LogP contribution in [-0.4, -0.2) is 41.5 Å². The number of ether oxygens (including phenoxy) is 1. The minimum Gasteiger partial charge on any atom is -0.464 e. The first-order chi connectivity index (χ1) is 10.5. The Hall–Kier alpha value is -2.10. The molecule has 0 aromatic heterocycles. The molecule has 0 bridgehead atoms. The molecule has 0 spiro atoms. The number of benzene rings is 1. The zero-order valence-corrected chi connectivity index (χ0v) is 13.6. The van der Waals surface area contributed by atoms with Gasteiger partial charge >= 0.3 is 18.2 Å². The third-order valence-corrected chi connectivity index (χ3v) is 3.26. The van der Waals surface area contributed by atoms with Gasteiger partial charge in [-0.2, -0.15) is 18.3 Å². The van der Waals surface area contributed by atoms with Crippen LogP contribution in [0.4, 0.5) is 18.0 Å². The number of hydrazone groups is 1. The summed E-state index contributed by atoms with van der Waals surface area (Å²) in [5.41, 5.74) is -1.11. The van der Waals surface area contributed by atoms with E-state index in [0.717, 1.165) is 26.1 Å². The lowest BCUT2D eigenvalue weighted by atomic mass is 10.1. The number of alkyl halides is 3. The van der Waals surface area contributed by atoms with E-state index in [-0.39, 0.29) is 15.7 Å². The number of carbonyl (C=O) groups excluding carboxylic acids is 1. The molecule has 0 atom stereocenters. The highest BCUT2D eigenvalue weighted by atomic mass is 79.9.